The Morgan fingerprint density at radius 1 is 1.53 bits per heavy atom. The number of rotatable bonds is 6. The first-order valence-electron chi connectivity index (χ1n) is 7.24. The maximum atomic E-state index is 10.5. The monoisotopic (exact) mass is 271 g/mol. The summed E-state index contributed by atoms with van der Waals surface area (Å²) in [5.74, 6) is -0.895. The van der Waals surface area contributed by atoms with E-state index in [4.69, 9.17) is 14.6 Å². The lowest BCUT2D eigenvalue weighted by Crippen LogP contribution is -2.65. The fraction of sp³-hybridized carbons (Fsp3) is 0.929. The summed E-state index contributed by atoms with van der Waals surface area (Å²) >= 11 is 0. The Morgan fingerprint density at radius 2 is 2.26 bits per heavy atom. The maximum Gasteiger partial charge on any atom is 0.329 e. The quantitative estimate of drug-likeness (QED) is 0.793. The molecule has 2 fully saturated rings. The summed E-state index contributed by atoms with van der Waals surface area (Å²) in [4.78, 5) is 12.9. The Bertz CT molecular complexity index is 313. The Hall–Kier alpha value is -0.650. The van der Waals surface area contributed by atoms with Crippen LogP contribution >= 0.6 is 0 Å². The Morgan fingerprint density at radius 3 is 2.89 bits per heavy atom. The number of ether oxygens (including phenoxy) is 2. The molecule has 0 aliphatic carbocycles. The van der Waals surface area contributed by atoms with Gasteiger partial charge in [0.1, 0.15) is 6.61 Å². The topological polar surface area (TPSA) is 59.0 Å². The van der Waals surface area contributed by atoms with Crippen molar-refractivity contribution in [3.63, 3.8) is 0 Å². The zero-order valence-corrected chi connectivity index (χ0v) is 11.9. The summed E-state index contributed by atoms with van der Waals surface area (Å²) in [6, 6.07) is 0.576. The first-order valence-corrected chi connectivity index (χ1v) is 7.24. The van der Waals surface area contributed by atoms with Crippen LogP contribution in [0.15, 0.2) is 0 Å². The van der Waals surface area contributed by atoms with Crippen molar-refractivity contribution >= 4 is 5.97 Å². The zero-order valence-electron chi connectivity index (χ0n) is 11.9. The minimum Gasteiger partial charge on any atom is -0.480 e. The number of aliphatic carboxylic acids is 1. The van der Waals surface area contributed by atoms with Crippen LogP contribution in [-0.4, -0.2) is 60.0 Å². The number of hydrogen-bond donors (Lipinski definition) is 1. The largest absolute Gasteiger partial charge is 0.480 e. The molecule has 110 valence electrons. The highest BCUT2D eigenvalue weighted by molar-refractivity contribution is 5.68. The summed E-state index contributed by atoms with van der Waals surface area (Å²) < 4.78 is 11.2. The van der Waals surface area contributed by atoms with Crippen molar-refractivity contribution in [2.24, 2.45) is 0 Å². The summed E-state index contributed by atoms with van der Waals surface area (Å²) in [5, 5.41) is 8.65. The van der Waals surface area contributed by atoms with Gasteiger partial charge in [-0.1, -0.05) is 13.3 Å². The minimum atomic E-state index is -0.895. The van der Waals surface area contributed by atoms with E-state index < -0.39 is 5.97 Å². The molecule has 5 nitrogen and oxygen atoms in total. The van der Waals surface area contributed by atoms with E-state index in [0.717, 1.165) is 45.4 Å². The van der Waals surface area contributed by atoms with Gasteiger partial charge in [-0.3, -0.25) is 4.90 Å². The molecule has 0 spiro atoms. The van der Waals surface area contributed by atoms with Gasteiger partial charge in [0.05, 0.1) is 11.7 Å². The molecule has 2 aliphatic heterocycles. The molecule has 19 heavy (non-hydrogen) atoms. The summed E-state index contributed by atoms with van der Waals surface area (Å²) in [6.45, 7) is 6.51. The Balaban J connectivity index is 1.74. The van der Waals surface area contributed by atoms with Gasteiger partial charge in [0.25, 0.3) is 0 Å². The average Bonchev–Trinajstić information content (AvgIpc) is 2.34. The molecule has 0 aromatic heterocycles. The molecule has 0 bridgehead atoms. The first kappa shape index (κ1) is 14.8. The van der Waals surface area contributed by atoms with Crippen LogP contribution in [0.25, 0.3) is 0 Å². The van der Waals surface area contributed by atoms with Gasteiger partial charge < -0.3 is 14.6 Å². The summed E-state index contributed by atoms with van der Waals surface area (Å²) in [5.41, 5.74) is -0.281. The second kappa shape index (κ2) is 6.20. The molecule has 0 aromatic rings. The second-order valence-corrected chi connectivity index (χ2v) is 6.00. The van der Waals surface area contributed by atoms with Crippen LogP contribution in [0.4, 0.5) is 0 Å². The molecule has 0 radical (unpaired) electrons. The normalized spacial score (nSPS) is 30.8. The number of carboxylic acids is 1. The summed E-state index contributed by atoms with van der Waals surface area (Å²) in [6.07, 6.45) is 4.88. The third kappa shape index (κ3) is 3.91. The average molecular weight is 271 g/mol. The van der Waals surface area contributed by atoms with Gasteiger partial charge in [-0.2, -0.15) is 0 Å². The highest BCUT2D eigenvalue weighted by Crippen LogP contribution is 2.32. The van der Waals surface area contributed by atoms with E-state index in [-0.39, 0.29) is 12.2 Å². The smallest absolute Gasteiger partial charge is 0.329 e. The molecule has 5 heteroatoms. The predicted molar refractivity (Wildman–Crippen MR) is 71.2 cm³/mol. The maximum absolute atomic E-state index is 10.5. The van der Waals surface area contributed by atoms with E-state index in [1.165, 1.54) is 0 Å². The Kier molecular flexibility index (Phi) is 4.81. The van der Waals surface area contributed by atoms with Crippen LogP contribution in [0.3, 0.4) is 0 Å². The third-order valence-corrected chi connectivity index (χ3v) is 4.09. The van der Waals surface area contributed by atoms with E-state index >= 15 is 0 Å². The van der Waals surface area contributed by atoms with Crippen molar-refractivity contribution in [1.82, 2.24) is 4.90 Å². The molecular weight excluding hydrogens is 246 g/mol. The molecule has 2 aliphatic rings. The zero-order chi connectivity index (χ0) is 13.9. The molecule has 2 unspecified atom stereocenters. The van der Waals surface area contributed by atoms with Gasteiger partial charge in [0.15, 0.2) is 0 Å². The highest BCUT2D eigenvalue weighted by Gasteiger charge is 2.44. The molecule has 2 rings (SSSR count). The van der Waals surface area contributed by atoms with Crippen LogP contribution in [-0.2, 0) is 14.3 Å². The van der Waals surface area contributed by atoms with E-state index in [1.54, 1.807) is 0 Å². The first-order chi connectivity index (χ1) is 9.02. The fourth-order valence-corrected chi connectivity index (χ4v) is 3.11. The molecule has 0 amide bonds. The molecule has 2 saturated heterocycles. The van der Waals surface area contributed by atoms with E-state index in [2.05, 4.69) is 11.8 Å². The van der Waals surface area contributed by atoms with Crippen molar-refractivity contribution in [3.05, 3.63) is 0 Å². The van der Waals surface area contributed by atoms with Gasteiger partial charge in [-0.05, 0) is 26.2 Å². The SMILES string of the molecule is CCCC1CC(N2CC(C)(OCC(=O)O)C2)CCO1. The van der Waals surface area contributed by atoms with Gasteiger partial charge >= 0.3 is 5.97 Å². The van der Waals surface area contributed by atoms with Gasteiger partial charge in [-0.15, -0.1) is 0 Å². The van der Waals surface area contributed by atoms with Crippen LogP contribution in [0, 0.1) is 0 Å². The second-order valence-electron chi connectivity index (χ2n) is 6.00. The number of carbonyl (C=O) groups is 1. The Labute approximate surface area is 114 Å². The minimum absolute atomic E-state index is 0.198. The fourth-order valence-electron chi connectivity index (χ4n) is 3.11. The van der Waals surface area contributed by atoms with Crippen LogP contribution < -0.4 is 0 Å². The summed E-state index contributed by atoms with van der Waals surface area (Å²) in [7, 11) is 0. The van der Waals surface area contributed by atoms with Gasteiger partial charge in [0, 0.05) is 25.7 Å². The molecule has 0 saturated carbocycles. The van der Waals surface area contributed by atoms with E-state index in [0.29, 0.717) is 12.1 Å². The highest BCUT2D eigenvalue weighted by atomic mass is 16.5. The van der Waals surface area contributed by atoms with Gasteiger partial charge in [0.2, 0.25) is 0 Å². The van der Waals surface area contributed by atoms with E-state index in [9.17, 15) is 4.79 Å². The number of carboxylic acid groups (broad SMARTS) is 1. The van der Waals surface area contributed by atoms with Crippen LogP contribution in [0.2, 0.25) is 0 Å². The number of nitrogens with zero attached hydrogens (tertiary/aromatic N) is 1. The molecular formula is C14H25NO4. The van der Waals surface area contributed by atoms with Gasteiger partial charge in [-0.25, -0.2) is 4.79 Å². The number of likely N-dealkylation sites (tertiary alicyclic amines) is 1. The predicted octanol–water partition coefficient (Wildman–Crippen LogP) is 1.51. The van der Waals surface area contributed by atoms with Crippen molar-refractivity contribution in [3.8, 4) is 0 Å². The molecule has 2 atom stereocenters. The number of hydrogen-bond acceptors (Lipinski definition) is 4. The van der Waals surface area contributed by atoms with Crippen LogP contribution in [0.5, 0.6) is 0 Å². The molecule has 2 heterocycles. The third-order valence-electron chi connectivity index (χ3n) is 4.09. The van der Waals surface area contributed by atoms with Crippen molar-refractivity contribution in [2.45, 2.75) is 57.3 Å². The van der Waals surface area contributed by atoms with Crippen molar-refractivity contribution in [2.75, 3.05) is 26.3 Å². The van der Waals surface area contributed by atoms with Crippen LogP contribution in [0.1, 0.15) is 39.5 Å². The van der Waals surface area contributed by atoms with Crippen molar-refractivity contribution in [1.29, 1.82) is 0 Å². The lowest BCUT2D eigenvalue weighted by molar-refractivity contribution is -0.175. The molecule has 0 aromatic carbocycles. The standard InChI is InChI=1S/C14H25NO4/c1-3-4-12-7-11(5-6-18-12)15-9-14(2,10-15)19-8-13(16)17/h11-12H,3-10H2,1-2H3,(H,16,17). The lowest BCUT2D eigenvalue weighted by Gasteiger charge is -2.52. The lowest BCUT2D eigenvalue weighted by atomic mass is 9.89. The van der Waals surface area contributed by atoms with Crippen molar-refractivity contribution < 1.29 is 19.4 Å². The molecule has 1 N–H and O–H groups in total. The van der Waals surface area contributed by atoms with E-state index in [1.807, 2.05) is 6.92 Å².